The highest BCUT2D eigenvalue weighted by molar-refractivity contribution is 6.34. The summed E-state index contributed by atoms with van der Waals surface area (Å²) in [5.74, 6) is -0.299. The molecule has 0 aromatic heterocycles. The van der Waals surface area contributed by atoms with Gasteiger partial charge in [0, 0.05) is 17.7 Å². The molecule has 0 aliphatic heterocycles. The van der Waals surface area contributed by atoms with Gasteiger partial charge < -0.3 is 10.6 Å². The first kappa shape index (κ1) is 19.2. The Balaban J connectivity index is 1.88. The van der Waals surface area contributed by atoms with E-state index in [-0.39, 0.29) is 22.7 Å². The van der Waals surface area contributed by atoms with Crippen molar-refractivity contribution in [2.24, 2.45) is 0 Å². The Kier molecular flexibility index (Phi) is 5.96. The minimum absolute atomic E-state index is 0.0838. The number of nitro groups is 1. The van der Waals surface area contributed by atoms with Gasteiger partial charge in [0.25, 0.3) is 11.6 Å². The molecule has 2 aromatic carbocycles. The van der Waals surface area contributed by atoms with Gasteiger partial charge in [-0.1, -0.05) is 49.1 Å². The average Bonchev–Trinajstić information content (AvgIpc) is 2.65. The molecular formula is C20H22ClN3O3. The number of anilines is 2. The molecule has 2 N–H and O–H groups in total. The van der Waals surface area contributed by atoms with Crippen molar-refractivity contribution in [3.8, 4) is 0 Å². The highest BCUT2D eigenvalue weighted by Crippen LogP contribution is 2.36. The van der Waals surface area contributed by atoms with E-state index in [1.807, 2.05) is 19.1 Å². The zero-order valence-corrected chi connectivity index (χ0v) is 15.9. The number of rotatable bonds is 5. The van der Waals surface area contributed by atoms with E-state index in [1.54, 1.807) is 18.2 Å². The first-order valence-corrected chi connectivity index (χ1v) is 9.45. The Bertz CT molecular complexity index is 864. The zero-order chi connectivity index (χ0) is 19.4. The van der Waals surface area contributed by atoms with Crippen LogP contribution in [-0.2, 0) is 0 Å². The molecule has 0 radical (unpaired) electrons. The number of hydrogen-bond donors (Lipinski definition) is 2. The van der Waals surface area contributed by atoms with Crippen LogP contribution in [0.4, 0.5) is 17.1 Å². The van der Waals surface area contributed by atoms with Crippen molar-refractivity contribution in [3.63, 3.8) is 0 Å². The van der Waals surface area contributed by atoms with Crippen LogP contribution in [0.2, 0.25) is 5.02 Å². The standard InChI is InChI=1S/C20H22ClN3O3/c1-13-7-5-6-10-15(13)20(25)23-17-12-18(19(24(26)27)11-16(17)21)22-14-8-3-2-4-9-14/h5-7,10-12,14,22H,2-4,8-9H2,1H3,(H,23,25). The van der Waals surface area contributed by atoms with E-state index < -0.39 is 4.92 Å². The van der Waals surface area contributed by atoms with Crippen LogP contribution in [0.5, 0.6) is 0 Å². The Hall–Kier alpha value is -2.60. The molecule has 0 heterocycles. The molecule has 0 spiro atoms. The van der Waals surface area contributed by atoms with Gasteiger partial charge in [-0.3, -0.25) is 14.9 Å². The molecule has 0 atom stereocenters. The van der Waals surface area contributed by atoms with E-state index in [1.165, 1.54) is 12.5 Å². The van der Waals surface area contributed by atoms with Gasteiger partial charge in [-0.05, 0) is 37.5 Å². The van der Waals surface area contributed by atoms with Crippen LogP contribution in [0.15, 0.2) is 36.4 Å². The molecule has 6 nitrogen and oxygen atoms in total. The van der Waals surface area contributed by atoms with Crippen molar-refractivity contribution in [1.82, 2.24) is 0 Å². The van der Waals surface area contributed by atoms with E-state index >= 15 is 0 Å². The average molecular weight is 388 g/mol. The van der Waals surface area contributed by atoms with Crippen molar-refractivity contribution in [1.29, 1.82) is 0 Å². The van der Waals surface area contributed by atoms with Gasteiger partial charge >= 0.3 is 0 Å². The number of nitrogens with one attached hydrogen (secondary N) is 2. The fourth-order valence-electron chi connectivity index (χ4n) is 3.41. The third-order valence-electron chi connectivity index (χ3n) is 4.88. The van der Waals surface area contributed by atoms with Crippen molar-refractivity contribution in [2.75, 3.05) is 10.6 Å². The lowest BCUT2D eigenvalue weighted by atomic mass is 9.95. The number of nitrogens with zero attached hydrogens (tertiary/aromatic N) is 1. The monoisotopic (exact) mass is 387 g/mol. The summed E-state index contributed by atoms with van der Waals surface area (Å²) in [6.07, 6.45) is 5.36. The molecule has 0 unspecified atom stereocenters. The summed E-state index contributed by atoms with van der Waals surface area (Å²) in [6.45, 7) is 1.85. The summed E-state index contributed by atoms with van der Waals surface area (Å²) in [6, 6.07) is 10.3. The van der Waals surface area contributed by atoms with Crippen LogP contribution in [-0.4, -0.2) is 16.9 Å². The molecule has 0 bridgehead atoms. The first-order valence-electron chi connectivity index (χ1n) is 9.07. The molecule has 1 aliphatic carbocycles. The highest BCUT2D eigenvalue weighted by Gasteiger charge is 2.22. The van der Waals surface area contributed by atoms with Gasteiger partial charge in [0.1, 0.15) is 5.69 Å². The van der Waals surface area contributed by atoms with E-state index in [0.717, 1.165) is 31.2 Å². The van der Waals surface area contributed by atoms with Gasteiger partial charge in [0.2, 0.25) is 0 Å². The summed E-state index contributed by atoms with van der Waals surface area (Å²) in [5.41, 5.74) is 2.03. The minimum atomic E-state index is -0.454. The van der Waals surface area contributed by atoms with Crippen LogP contribution >= 0.6 is 11.6 Å². The number of aryl methyl sites for hydroxylation is 1. The normalized spacial score (nSPS) is 14.6. The molecule has 0 saturated heterocycles. The lowest BCUT2D eigenvalue weighted by Gasteiger charge is -2.24. The number of hydrogen-bond acceptors (Lipinski definition) is 4. The lowest BCUT2D eigenvalue weighted by molar-refractivity contribution is -0.384. The predicted molar refractivity (Wildman–Crippen MR) is 108 cm³/mol. The molecule has 7 heteroatoms. The maximum Gasteiger partial charge on any atom is 0.293 e. The second-order valence-corrected chi connectivity index (χ2v) is 7.26. The van der Waals surface area contributed by atoms with Crippen LogP contribution in [0.1, 0.15) is 48.0 Å². The number of carbonyl (C=O) groups is 1. The van der Waals surface area contributed by atoms with E-state index in [2.05, 4.69) is 10.6 Å². The number of nitro benzene ring substituents is 1. The highest BCUT2D eigenvalue weighted by atomic mass is 35.5. The summed E-state index contributed by atoms with van der Waals surface area (Å²) in [5, 5.41) is 17.6. The lowest BCUT2D eigenvalue weighted by Crippen LogP contribution is -2.23. The fraction of sp³-hybridized carbons (Fsp3) is 0.350. The zero-order valence-electron chi connectivity index (χ0n) is 15.1. The van der Waals surface area contributed by atoms with Gasteiger partial charge in [-0.25, -0.2) is 0 Å². The third-order valence-corrected chi connectivity index (χ3v) is 5.20. The number of amides is 1. The number of halogens is 1. The van der Waals surface area contributed by atoms with Gasteiger partial charge in [0.15, 0.2) is 0 Å². The molecular weight excluding hydrogens is 366 g/mol. The van der Waals surface area contributed by atoms with Crippen molar-refractivity contribution in [2.45, 2.75) is 45.1 Å². The third kappa shape index (κ3) is 4.57. The minimum Gasteiger partial charge on any atom is -0.377 e. The van der Waals surface area contributed by atoms with Crippen molar-refractivity contribution in [3.05, 3.63) is 62.7 Å². The number of benzene rings is 2. The Morgan fingerprint density at radius 3 is 2.52 bits per heavy atom. The maximum absolute atomic E-state index is 12.6. The molecule has 1 aliphatic rings. The smallest absolute Gasteiger partial charge is 0.293 e. The van der Waals surface area contributed by atoms with Crippen LogP contribution in [0.25, 0.3) is 0 Å². The molecule has 2 aromatic rings. The Morgan fingerprint density at radius 2 is 1.85 bits per heavy atom. The SMILES string of the molecule is Cc1ccccc1C(=O)Nc1cc(NC2CCCCC2)c([N+](=O)[O-])cc1Cl. The molecule has 1 fully saturated rings. The van der Waals surface area contributed by atoms with Crippen LogP contribution in [0, 0.1) is 17.0 Å². The second-order valence-electron chi connectivity index (χ2n) is 6.85. The summed E-state index contributed by atoms with van der Waals surface area (Å²) < 4.78 is 0. The van der Waals surface area contributed by atoms with Crippen molar-refractivity contribution >= 4 is 34.6 Å². The summed E-state index contributed by atoms with van der Waals surface area (Å²) in [7, 11) is 0. The fourth-order valence-corrected chi connectivity index (χ4v) is 3.61. The van der Waals surface area contributed by atoms with Gasteiger partial charge in [0.05, 0.1) is 15.6 Å². The van der Waals surface area contributed by atoms with E-state index in [4.69, 9.17) is 11.6 Å². The Labute approximate surface area is 163 Å². The number of carbonyl (C=O) groups excluding carboxylic acids is 1. The van der Waals surface area contributed by atoms with E-state index in [9.17, 15) is 14.9 Å². The van der Waals surface area contributed by atoms with Gasteiger partial charge in [-0.2, -0.15) is 0 Å². The predicted octanol–water partition coefficient (Wildman–Crippen LogP) is 5.55. The molecule has 3 rings (SSSR count). The van der Waals surface area contributed by atoms with Crippen LogP contribution < -0.4 is 10.6 Å². The molecule has 142 valence electrons. The van der Waals surface area contributed by atoms with E-state index in [0.29, 0.717) is 16.9 Å². The first-order chi connectivity index (χ1) is 13.0. The summed E-state index contributed by atoms with van der Waals surface area (Å²) >= 11 is 6.21. The molecule has 27 heavy (non-hydrogen) atoms. The topological polar surface area (TPSA) is 84.3 Å². The molecule has 1 saturated carbocycles. The maximum atomic E-state index is 12.6. The Morgan fingerprint density at radius 1 is 1.15 bits per heavy atom. The second kappa shape index (κ2) is 8.39. The van der Waals surface area contributed by atoms with Gasteiger partial charge in [-0.15, -0.1) is 0 Å². The van der Waals surface area contributed by atoms with Crippen LogP contribution in [0.3, 0.4) is 0 Å². The molecule has 1 amide bonds. The van der Waals surface area contributed by atoms with Crippen molar-refractivity contribution < 1.29 is 9.72 Å². The largest absolute Gasteiger partial charge is 0.377 e. The quantitative estimate of drug-likeness (QED) is 0.520. The summed E-state index contributed by atoms with van der Waals surface area (Å²) in [4.78, 5) is 23.6.